The van der Waals surface area contributed by atoms with Crippen LogP contribution in [0.4, 0.5) is 5.69 Å². The molecule has 0 saturated heterocycles. The second-order valence-electron chi connectivity index (χ2n) is 5.89. The highest BCUT2D eigenvalue weighted by Gasteiger charge is 2.25. The Morgan fingerprint density at radius 1 is 1.00 bits per heavy atom. The highest BCUT2D eigenvalue weighted by atomic mass is 16.2. The third-order valence-electron chi connectivity index (χ3n) is 3.94. The largest absolute Gasteiger partial charge is 0.325 e. The first kappa shape index (κ1) is 19.1. The summed E-state index contributed by atoms with van der Waals surface area (Å²) in [4.78, 5) is 36.5. The molecule has 0 spiro atoms. The topological polar surface area (TPSA) is 87.0 Å². The van der Waals surface area contributed by atoms with Crippen molar-refractivity contribution in [3.05, 3.63) is 65.7 Å². The molecule has 2 aromatic carbocycles. The first-order valence-corrected chi connectivity index (χ1v) is 8.49. The van der Waals surface area contributed by atoms with Crippen LogP contribution in [0.2, 0.25) is 0 Å². The fourth-order valence-electron chi connectivity index (χ4n) is 2.45. The third-order valence-corrected chi connectivity index (χ3v) is 3.94. The van der Waals surface area contributed by atoms with Crippen LogP contribution in [0.1, 0.15) is 42.1 Å². The molecule has 0 aliphatic rings. The monoisotopic (exact) mass is 348 g/mol. The molecule has 26 heavy (non-hydrogen) atoms. The van der Waals surface area contributed by atoms with Gasteiger partial charge in [-0.3, -0.25) is 14.4 Å². The van der Waals surface area contributed by atoms with Gasteiger partial charge in [0.2, 0.25) is 5.91 Å². The molecule has 5 heteroatoms. The van der Waals surface area contributed by atoms with E-state index in [-0.39, 0.29) is 18.0 Å². The number of carbonyl (C=O) groups excluding carboxylic acids is 3. The average molecular weight is 348 g/mol. The molecule has 0 bridgehead atoms. The fraction of sp³-hybridized carbons (Fsp3) is 0.238. The normalized spacial score (nSPS) is 11.2. The summed E-state index contributed by atoms with van der Waals surface area (Å²) in [5, 5.41) is 11.7. The molecular formula is C21H20N2O3. The zero-order valence-corrected chi connectivity index (χ0v) is 14.6. The maximum Gasteiger partial charge on any atom is 0.249 e. The smallest absolute Gasteiger partial charge is 0.249 e. The maximum absolute atomic E-state index is 12.3. The summed E-state index contributed by atoms with van der Waals surface area (Å²) in [5.41, 5.74) is 1.50. The van der Waals surface area contributed by atoms with Gasteiger partial charge in [-0.1, -0.05) is 43.7 Å². The van der Waals surface area contributed by atoms with Gasteiger partial charge < -0.3 is 5.32 Å². The summed E-state index contributed by atoms with van der Waals surface area (Å²) >= 11 is 0. The van der Waals surface area contributed by atoms with Crippen LogP contribution >= 0.6 is 0 Å². The van der Waals surface area contributed by atoms with Gasteiger partial charge in [0.1, 0.15) is 0 Å². The lowest BCUT2D eigenvalue weighted by Gasteiger charge is -2.10. The maximum atomic E-state index is 12.3. The number of rotatable bonds is 8. The number of nitrogens with zero attached hydrogens (tertiary/aromatic N) is 1. The number of unbranched alkanes of at least 4 members (excludes halogenated alkanes) is 1. The Morgan fingerprint density at radius 2 is 1.62 bits per heavy atom. The molecule has 0 aliphatic heterocycles. The predicted octanol–water partition coefficient (Wildman–Crippen LogP) is 3.76. The van der Waals surface area contributed by atoms with E-state index in [1.165, 1.54) is 0 Å². The number of nitriles is 1. The third kappa shape index (κ3) is 4.87. The van der Waals surface area contributed by atoms with Gasteiger partial charge >= 0.3 is 0 Å². The molecule has 0 aromatic heterocycles. The quantitative estimate of drug-likeness (QED) is 0.581. The van der Waals surface area contributed by atoms with E-state index in [4.69, 9.17) is 5.26 Å². The van der Waals surface area contributed by atoms with Gasteiger partial charge in [-0.15, -0.1) is 0 Å². The number of hydrogen-bond acceptors (Lipinski definition) is 4. The lowest BCUT2D eigenvalue weighted by molar-refractivity contribution is -0.128. The minimum Gasteiger partial charge on any atom is -0.325 e. The van der Waals surface area contributed by atoms with E-state index in [2.05, 4.69) is 5.32 Å². The minimum atomic E-state index is -1.31. The molecule has 0 heterocycles. The molecule has 1 unspecified atom stereocenters. The Labute approximate surface area is 152 Å². The number of nitrogens with one attached hydrogen (secondary N) is 1. The van der Waals surface area contributed by atoms with Crippen molar-refractivity contribution in [1.29, 1.82) is 5.26 Å². The van der Waals surface area contributed by atoms with Crippen LogP contribution in [0, 0.1) is 17.2 Å². The Balaban J connectivity index is 2.04. The number of amides is 1. The SMILES string of the molecule is CCCCC(=O)C(C#N)C(=O)Nc1ccc(C(=O)c2ccccc2)cc1. The van der Waals surface area contributed by atoms with Gasteiger partial charge in [0.15, 0.2) is 17.5 Å². The Kier molecular flexibility index (Phi) is 6.81. The molecule has 2 aromatic rings. The van der Waals surface area contributed by atoms with Crippen LogP contribution < -0.4 is 5.32 Å². The number of Topliss-reactive ketones (excluding diaryl/α,β-unsaturated/α-hetero) is 1. The molecule has 1 amide bonds. The van der Waals surface area contributed by atoms with E-state index in [1.54, 1.807) is 54.6 Å². The van der Waals surface area contributed by atoms with Crippen molar-refractivity contribution >= 4 is 23.2 Å². The molecule has 2 rings (SSSR count). The molecule has 5 nitrogen and oxygen atoms in total. The van der Waals surface area contributed by atoms with Crippen LogP contribution in [0.25, 0.3) is 0 Å². The summed E-state index contributed by atoms with van der Waals surface area (Å²) in [5.74, 6) is -2.45. The van der Waals surface area contributed by atoms with Crippen molar-refractivity contribution in [2.75, 3.05) is 5.32 Å². The molecular weight excluding hydrogens is 328 g/mol. The van der Waals surface area contributed by atoms with E-state index in [1.807, 2.05) is 13.0 Å². The van der Waals surface area contributed by atoms with E-state index < -0.39 is 11.8 Å². The standard InChI is InChI=1S/C21H20N2O3/c1-2-3-9-19(24)18(14-22)21(26)23-17-12-10-16(11-13-17)20(25)15-7-5-4-6-8-15/h4-8,10-13,18H,2-3,9H2,1H3,(H,23,26). The molecule has 0 radical (unpaired) electrons. The van der Waals surface area contributed by atoms with Gasteiger partial charge in [-0.05, 0) is 30.7 Å². The number of anilines is 1. The highest BCUT2D eigenvalue weighted by molar-refractivity contribution is 6.10. The van der Waals surface area contributed by atoms with Crippen molar-refractivity contribution in [3.63, 3.8) is 0 Å². The van der Waals surface area contributed by atoms with Crippen LogP contribution in [0.15, 0.2) is 54.6 Å². The molecule has 0 saturated carbocycles. The van der Waals surface area contributed by atoms with Gasteiger partial charge in [-0.2, -0.15) is 5.26 Å². The van der Waals surface area contributed by atoms with E-state index in [9.17, 15) is 14.4 Å². The van der Waals surface area contributed by atoms with Crippen molar-refractivity contribution in [1.82, 2.24) is 0 Å². The summed E-state index contributed by atoms with van der Waals surface area (Å²) in [6.07, 6.45) is 1.69. The number of carbonyl (C=O) groups is 3. The Morgan fingerprint density at radius 3 is 2.19 bits per heavy atom. The number of ketones is 2. The van der Waals surface area contributed by atoms with Gasteiger partial charge in [0.25, 0.3) is 0 Å². The predicted molar refractivity (Wildman–Crippen MR) is 98.6 cm³/mol. The van der Waals surface area contributed by atoms with Crippen LogP contribution in [-0.4, -0.2) is 17.5 Å². The lowest BCUT2D eigenvalue weighted by Crippen LogP contribution is -2.28. The zero-order valence-electron chi connectivity index (χ0n) is 14.6. The van der Waals surface area contributed by atoms with Crippen molar-refractivity contribution in [2.45, 2.75) is 26.2 Å². The van der Waals surface area contributed by atoms with E-state index >= 15 is 0 Å². The Bertz CT molecular complexity index is 821. The summed E-state index contributed by atoms with van der Waals surface area (Å²) in [7, 11) is 0. The molecule has 0 fully saturated rings. The van der Waals surface area contributed by atoms with Crippen molar-refractivity contribution in [2.24, 2.45) is 5.92 Å². The van der Waals surface area contributed by atoms with Crippen LogP contribution in [-0.2, 0) is 9.59 Å². The second kappa shape index (κ2) is 9.28. The van der Waals surface area contributed by atoms with Crippen molar-refractivity contribution < 1.29 is 14.4 Å². The second-order valence-corrected chi connectivity index (χ2v) is 5.89. The molecule has 1 atom stereocenters. The lowest BCUT2D eigenvalue weighted by atomic mass is 10.00. The van der Waals surface area contributed by atoms with Crippen LogP contribution in [0.5, 0.6) is 0 Å². The van der Waals surface area contributed by atoms with Gasteiger partial charge in [-0.25, -0.2) is 0 Å². The highest BCUT2D eigenvalue weighted by Crippen LogP contribution is 2.15. The number of benzene rings is 2. The first-order chi connectivity index (χ1) is 12.6. The molecule has 1 N–H and O–H groups in total. The summed E-state index contributed by atoms with van der Waals surface area (Å²) in [6, 6.07) is 17.0. The van der Waals surface area contributed by atoms with Gasteiger partial charge in [0.05, 0.1) is 6.07 Å². The van der Waals surface area contributed by atoms with E-state index in [0.717, 1.165) is 6.42 Å². The molecule has 132 valence electrons. The zero-order chi connectivity index (χ0) is 18.9. The number of hydrogen-bond donors (Lipinski definition) is 1. The average Bonchev–Trinajstić information content (AvgIpc) is 2.67. The fourth-order valence-corrected chi connectivity index (χ4v) is 2.45. The Hall–Kier alpha value is -3.26. The van der Waals surface area contributed by atoms with Gasteiger partial charge in [0, 0.05) is 23.2 Å². The minimum absolute atomic E-state index is 0.117. The van der Waals surface area contributed by atoms with Crippen LogP contribution in [0.3, 0.4) is 0 Å². The molecule has 0 aliphatic carbocycles. The van der Waals surface area contributed by atoms with Crippen molar-refractivity contribution in [3.8, 4) is 6.07 Å². The summed E-state index contributed by atoms with van der Waals surface area (Å²) in [6.45, 7) is 1.94. The summed E-state index contributed by atoms with van der Waals surface area (Å²) < 4.78 is 0. The first-order valence-electron chi connectivity index (χ1n) is 8.49. The van der Waals surface area contributed by atoms with E-state index in [0.29, 0.717) is 23.2 Å².